The zero-order chi connectivity index (χ0) is 13.0. The van der Waals surface area contributed by atoms with E-state index in [2.05, 4.69) is 16.0 Å². The first-order valence-corrected chi connectivity index (χ1v) is 7.19. The molecule has 0 unspecified atom stereocenters. The molecular weight excluding hydrogens is 268 g/mol. The van der Waals surface area contributed by atoms with Crippen LogP contribution in [-0.4, -0.2) is 21.0 Å². The normalized spacial score (nSPS) is 10.5. The molecule has 0 aromatic carbocycles. The van der Waals surface area contributed by atoms with Crippen molar-refractivity contribution in [3.05, 3.63) is 40.7 Å². The summed E-state index contributed by atoms with van der Waals surface area (Å²) < 4.78 is 0.896. The number of carbonyl (C=O) groups is 1. The van der Waals surface area contributed by atoms with Gasteiger partial charge in [0.15, 0.2) is 0 Å². The number of pyridine rings is 1. The summed E-state index contributed by atoms with van der Waals surface area (Å²) in [6, 6.07) is 2.09. The Balaban J connectivity index is 1.94. The van der Waals surface area contributed by atoms with E-state index in [-0.39, 0.29) is 6.42 Å². The van der Waals surface area contributed by atoms with Crippen LogP contribution in [0.3, 0.4) is 0 Å². The fourth-order valence-corrected chi connectivity index (χ4v) is 3.20. The average molecular weight is 280 g/mol. The smallest absolute Gasteiger partial charge is 0.309 e. The van der Waals surface area contributed by atoms with E-state index in [4.69, 9.17) is 5.11 Å². The number of thioether (sulfide) groups is 1. The van der Waals surface area contributed by atoms with Crippen LogP contribution in [0.2, 0.25) is 0 Å². The van der Waals surface area contributed by atoms with Gasteiger partial charge in [-0.05, 0) is 18.1 Å². The summed E-state index contributed by atoms with van der Waals surface area (Å²) in [6.07, 6.45) is 3.65. The molecule has 0 amide bonds. The predicted octanol–water partition coefficient (Wildman–Crippen LogP) is 2.77. The molecule has 2 aromatic rings. The van der Waals surface area contributed by atoms with Gasteiger partial charge in [0.2, 0.25) is 0 Å². The molecule has 0 bridgehead atoms. The second kappa shape index (κ2) is 5.97. The monoisotopic (exact) mass is 280 g/mol. The number of hydrogen-bond acceptors (Lipinski definition) is 5. The Bertz CT molecular complexity index is 555. The van der Waals surface area contributed by atoms with E-state index in [0.29, 0.717) is 5.69 Å². The minimum absolute atomic E-state index is 0.0109. The van der Waals surface area contributed by atoms with E-state index in [1.54, 1.807) is 17.1 Å². The van der Waals surface area contributed by atoms with E-state index in [9.17, 15) is 4.79 Å². The summed E-state index contributed by atoms with van der Waals surface area (Å²) in [4.78, 5) is 18.9. The lowest BCUT2D eigenvalue weighted by Gasteiger charge is -1.99. The maximum Gasteiger partial charge on any atom is 0.309 e. The van der Waals surface area contributed by atoms with Crippen LogP contribution in [0.1, 0.15) is 16.8 Å². The molecule has 94 valence electrons. The number of aryl methyl sites for hydroxylation is 1. The highest BCUT2D eigenvalue weighted by atomic mass is 32.2. The van der Waals surface area contributed by atoms with E-state index >= 15 is 0 Å². The molecular formula is C12H12N2O2S2. The molecule has 2 heterocycles. The van der Waals surface area contributed by atoms with Gasteiger partial charge in [-0.1, -0.05) is 17.8 Å². The van der Waals surface area contributed by atoms with Crippen molar-refractivity contribution in [3.63, 3.8) is 0 Å². The topological polar surface area (TPSA) is 63.1 Å². The summed E-state index contributed by atoms with van der Waals surface area (Å²) in [5, 5.41) is 10.5. The first-order chi connectivity index (χ1) is 8.63. The third kappa shape index (κ3) is 3.82. The summed E-state index contributed by atoms with van der Waals surface area (Å²) in [6.45, 7) is 2.01. The Hall–Kier alpha value is -1.40. The summed E-state index contributed by atoms with van der Waals surface area (Å²) in [5.74, 6) is -0.0472. The van der Waals surface area contributed by atoms with Crippen molar-refractivity contribution in [2.75, 3.05) is 0 Å². The second-order valence-corrected chi connectivity index (χ2v) is 5.92. The van der Waals surface area contributed by atoms with E-state index in [1.807, 2.05) is 19.3 Å². The quantitative estimate of drug-likeness (QED) is 0.853. The van der Waals surface area contributed by atoms with Gasteiger partial charge in [0.1, 0.15) is 4.34 Å². The molecule has 0 spiro atoms. The highest BCUT2D eigenvalue weighted by Crippen LogP contribution is 2.26. The molecule has 1 N–H and O–H groups in total. The predicted molar refractivity (Wildman–Crippen MR) is 72.0 cm³/mol. The van der Waals surface area contributed by atoms with Crippen LogP contribution in [0.5, 0.6) is 0 Å². The molecule has 0 saturated heterocycles. The summed E-state index contributed by atoms with van der Waals surface area (Å²) in [7, 11) is 0. The van der Waals surface area contributed by atoms with Crippen molar-refractivity contribution < 1.29 is 9.90 Å². The van der Waals surface area contributed by atoms with Gasteiger partial charge >= 0.3 is 5.97 Å². The molecule has 0 aliphatic heterocycles. The molecule has 0 saturated carbocycles. The van der Waals surface area contributed by atoms with Crippen LogP contribution in [-0.2, 0) is 17.0 Å². The van der Waals surface area contributed by atoms with Gasteiger partial charge in [-0.25, -0.2) is 4.98 Å². The Morgan fingerprint density at radius 2 is 2.33 bits per heavy atom. The molecule has 2 rings (SSSR count). The number of rotatable bonds is 5. The van der Waals surface area contributed by atoms with Crippen molar-refractivity contribution in [1.82, 2.24) is 9.97 Å². The molecule has 0 aliphatic rings. The van der Waals surface area contributed by atoms with Gasteiger partial charge in [-0.2, -0.15) is 0 Å². The molecule has 0 aliphatic carbocycles. The fourth-order valence-electron chi connectivity index (χ4n) is 1.43. The summed E-state index contributed by atoms with van der Waals surface area (Å²) in [5.41, 5.74) is 2.91. The van der Waals surface area contributed by atoms with Crippen LogP contribution >= 0.6 is 23.1 Å². The number of nitrogens with zero attached hydrogens (tertiary/aromatic N) is 2. The van der Waals surface area contributed by atoms with Crippen molar-refractivity contribution in [2.24, 2.45) is 0 Å². The van der Waals surface area contributed by atoms with Gasteiger partial charge in [0, 0.05) is 23.5 Å². The van der Waals surface area contributed by atoms with Gasteiger partial charge in [-0.3, -0.25) is 9.78 Å². The van der Waals surface area contributed by atoms with Crippen LogP contribution in [0.25, 0.3) is 0 Å². The molecule has 18 heavy (non-hydrogen) atoms. The number of aromatic nitrogens is 2. The molecule has 0 fully saturated rings. The van der Waals surface area contributed by atoms with Gasteiger partial charge < -0.3 is 5.11 Å². The Kier molecular flexibility index (Phi) is 4.33. The minimum atomic E-state index is -0.847. The van der Waals surface area contributed by atoms with E-state index in [1.165, 1.54) is 11.3 Å². The molecule has 0 radical (unpaired) electrons. The Morgan fingerprint density at radius 3 is 3.06 bits per heavy atom. The lowest BCUT2D eigenvalue weighted by atomic mass is 10.2. The van der Waals surface area contributed by atoms with Gasteiger partial charge in [0.25, 0.3) is 0 Å². The van der Waals surface area contributed by atoms with E-state index in [0.717, 1.165) is 21.2 Å². The van der Waals surface area contributed by atoms with Crippen molar-refractivity contribution in [1.29, 1.82) is 0 Å². The number of aliphatic carboxylic acids is 1. The lowest BCUT2D eigenvalue weighted by Crippen LogP contribution is -1.99. The van der Waals surface area contributed by atoms with Crippen molar-refractivity contribution >= 4 is 29.1 Å². The van der Waals surface area contributed by atoms with Crippen LogP contribution in [0, 0.1) is 6.92 Å². The molecule has 2 aromatic heterocycles. The molecule has 6 heteroatoms. The average Bonchev–Trinajstić information content (AvgIpc) is 2.73. The zero-order valence-corrected chi connectivity index (χ0v) is 11.4. The SMILES string of the molecule is Cc1cncc(CSc2nc(CC(=O)O)cs2)c1. The highest BCUT2D eigenvalue weighted by molar-refractivity contribution is 8.00. The maximum atomic E-state index is 10.5. The van der Waals surface area contributed by atoms with Crippen LogP contribution in [0.4, 0.5) is 0 Å². The lowest BCUT2D eigenvalue weighted by molar-refractivity contribution is -0.136. The largest absolute Gasteiger partial charge is 0.481 e. The van der Waals surface area contributed by atoms with Gasteiger partial charge in [-0.15, -0.1) is 11.3 Å². The second-order valence-electron chi connectivity index (χ2n) is 3.83. The fraction of sp³-hybridized carbons (Fsp3) is 0.250. The number of hydrogen-bond donors (Lipinski definition) is 1. The molecule has 4 nitrogen and oxygen atoms in total. The first-order valence-electron chi connectivity index (χ1n) is 5.33. The Morgan fingerprint density at radius 1 is 1.50 bits per heavy atom. The van der Waals surface area contributed by atoms with Crippen molar-refractivity contribution in [3.8, 4) is 0 Å². The maximum absolute atomic E-state index is 10.5. The Labute approximate surface area is 113 Å². The molecule has 0 atom stereocenters. The first kappa shape index (κ1) is 13.0. The summed E-state index contributed by atoms with van der Waals surface area (Å²) >= 11 is 3.09. The van der Waals surface area contributed by atoms with Gasteiger partial charge in [0.05, 0.1) is 12.1 Å². The number of carboxylic acids is 1. The number of carboxylic acid groups (broad SMARTS) is 1. The highest BCUT2D eigenvalue weighted by Gasteiger charge is 2.06. The minimum Gasteiger partial charge on any atom is -0.481 e. The van der Waals surface area contributed by atoms with E-state index < -0.39 is 5.97 Å². The number of thiazole rings is 1. The standard InChI is InChI=1S/C12H12N2O2S2/c1-8-2-9(5-13-4-8)6-17-12-14-10(7-18-12)3-11(15)16/h2,4-5,7H,3,6H2,1H3,(H,15,16). The van der Waals surface area contributed by atoms with Crippen LogP contribution in [0.15, 0.2) is 28.2 Å². The third-order valence-electron chi connectivity index (χ3n) is 2.16. The van der Waals surface area contributed by atoms with Crippen molar-refractivity contribution in [2.45, 2.75) is 23.4 Å². The third-order valence-corrected chi connectivity index (χ3v) is 4.30. The van der Waals surface area contributed by atoms with Crippen LogP contribution < -0.4 is 0 Å². The zero-order valence-electron chi connectivity index (χ0n) is 9.79.